The number of anilines is 1. The summed E-state index contributed by atoms with van der Waals surface area (Å²) in [5.41, 5.74) is 1.23. The number of nitrogens with one attached hydrogen (secondary N) is 2. The molecule has 20 heavy (non-hydrogen) atoms. The summed E-state index contributed by atoms with van der Waals surface area (Å²) in [6, 6.07) is 9.36. The maximum absolute atomic E-state index is 3.74. The molecule has 0 saturated carbocycles. The van der Waals surface area contributed by atoms with Gasteiger partial charge in [0.05, 0.1) is 0 Å². The van der Waals surface area contributed by atoms with Crippen molar-refractivity contribution in [3.63, 3.8) is 0 Å². The van der Waals surface area contributed by atoms with Gasteiger partial charge in [0.1, 0.15) is 0 Å². The lowest BCUT2D eigenvalue weighted by molar-refractivity contribution is 0.0735. The predicted molar refractivity (Wildman–Crippen MR) is 87.7 cm³/mol. The topological polar surface area (TPSA) is 27.3 Å². The van der Waals surface area contributed by atoms with Gasteiger partial charge in [0.15, 0.2) is 0 Å². The number of nitrogens with zero attached hydrogens (tertiary/aromatic N) is 1. The summed E-state index contributed by atoms with van der Waals surface area (Å²) < 4.78 is 0. The van der Waals surface area contributed by atoms with E-state index in [-0.39, 0.29) is 0 Å². The van der Waals surface area contributed by atoms with E-state index in [9.17, 15) is 0 Å². The standard InChI is InChI=1S/C16H25N3S/c1-20-15-4-2-3-14(11-15)17-7-8-18-16-12-19-9-5-13(16)6-10-19/h2-4,11,13,16-18H,5-10,12H2,1H3. The van der Waals surface area contributed by atoms with Crippen LogP contribution in [0.4, 0.5) is 5.69 Å². The molecule has 3 fully saturated rings. The first-order chi connectivity index (χ1) is 9.85. The van der Waals surface area contributed by atoms with Gasteiger partial charge in [-0.3, -0.25) is 0 Å². The summed E-state index contributed by atoms with van der Waals surface area (Å²) in [5, 5.41) is 7.26. The zero-order valence-electron chi connectivity index (χ0n) is 12.3. The van der Waals surface area contributed by atoms with E-state index in [0.29, 0.717) is 0 Å². The molecule has 2 bridgehead atoms. The Morgan fingerprint density at radius 3 is 2.80 bits per heavy atom. The Morgan fingerprint density at radius 1 is 1.25 bits per heavy atom. The Kier molecular flexibility index (Phi) is 4.86. The van der Waals surface area contributed by atoms with Crippen molar-refractivity contribution in [3.8, 4) is 0 Å². The minimum atomic E-state index is 0.719. The fraction of sp³-hybridized carbons (Fsp3) is 0.625. The molecule has 0 radical (unpaired) electrons. The van der Waals surface area contributed by atoms with E-state index in [1.807, 2.05) is 0 Å². The number of thioether (sulfide) groups is 1. The van der Waals surface area contributed by atoms with Crippen molar-refractivity contribution >= 4 is 17.4 Å². The molecule has 3 heterocycles. The van der Waals surface area contributed by atoms with Crippen LogP contribution in [0.1, 0.15) is 12.8 Å². The first-order valence-corrected chi connectivity index (χ1v) is 8.91. The smallest absolute Gasteiger partial charge is 0.0351 e. The van der Waals surface area contributed by atoms with Crippen molar-refractivity contribution < 1.29 is 0 Å². The maximum atomic E-state index is 3.74. The van der Waals surface area contributed by atoms with Crippen molar-refractivity contribution in [1.82, 2.24) is 10.2 Å². The SMILES string of the molecule is CSc1cccc(NCCNC2CN3CCC2CC3)c1. The fourth-order valence-corrected chi connectivity index (χ4v) is 3.85. The molecule has 3 saturated heterocycles. The summed E-state index contributed by atoms with van der Waals surface area (Å²) >= 11 is 1.79. The van der Waals surface area contributed by atoms with Gasteiger partial charge in [-0.25, -0.2) is 0 Å². The summed E-state index contributed by atoms with van der Waals surface area (Å²) in [6.07, 6.45) is 4.90. The Morgan fingerprint density at radius 2 is 2.10 bits per heavy atom. The quantitative estimate of drug-likeness (QED) is 0.622. The molecule has 0 spiro atoms. The highest BCUT2D eigenvalue weighted by Gasteiger charge is 2.33. The number of hydrogen-bond donors (Lipinski definition) is 2. The Bertz CT molecular complexity index is 429. The van der Waals surface area contributed by atoms with Gasteiger partial charge < -0.3 is 15.5 Å². The minimum absolute atomic E-state index is 0.719. The van der Waals surface area contributed by atoms with Gasteiger partial charge in [0.25, 0.3) is 0 Å². The molecule has 3 aliphatic heterocycles. The van der Waals surface area contributed by atoms with Crippen LogP contribution in [0.15, 0.2) is 29.2 Å². The minimum Gasteiger partial charge on any atom is -0.384 e. The van der Waals surface area contributed by atoms with Crippen LogP contribution >= 0.6 is 11.8 Å². The Balaban J connectivity index is 1.39. The summed E-state index contributed by atoms with van der Waals surface area (Å²) in [4.78, 5) is 3.92. The van der Waals surface area contributed by atoms with Crippen molar-refractivity contribution in [2.45, 2.75) is 23.8 Å². The third kappa shape index (κ3) is 3.48. The van der Waals surface area contributed by atoms with Crippen LogP contribution in [0.5, 0.6) is 0 Å². The van der Waals surface area contributed by atoms with Crippen LogP contribution in [0, 0.1) is 5.92 Å². The molecule has 2 N–H and O–H groups in total. The molecule has 110 valence electrons. The molecular formula is C16H25N3S. The molecule has 1 atom stereocenters. The molecule has 1 aromatic rings. The van der Waals surface area contributed by atoms with E-state index < -0.39 is 0 Å². The molecule has 4 rings (SSSR count). The normalized spacial score (nSPS) is 28.6. The predicted octanol–water partition coefficient (Wildman–Crippen LogP) is 2.50. The van der Waals surface area contributed by atoms with Crippen molar-refractivity contribution in [2.75, 3.05) is 44.3 Å². The second-order valence-corrected chi connectivity index (χ2v) is 6.74. The summed E-state index contributed by atoms with van der Waals surface area (Å²) in [6.45, 7) is 5.96. The highest BCUT2D eigenvalue weighted by atomic mass is 32.2. The van der Waals surface area contributed by atoms with Crippen LogP contribution in [-0.4, -0.2) is 49.9 Å². The van der Waals surface area contributed by atoms with Crippen LogP contribution in [0.3, 0.4) is 0 Å². The summed E-state index contributed by atoms with van der Waals surface area (Å²) in [5.74, 6) is 0.916. The van der Waals surface area contributed by atoms with Crippen molar-refractivity contribution in [3.05, 3.63) is 24.3 Å². The van der Waals surface area contributed by atoms with E-state index in [4.69, 9.17) is 0 Å². The Hall–Kier alpha value is -0.710. The number of benzene rings is 1. The van der Waals surface area contributed by atoms with E-state index in [2.05, 4.69) is 46.1 Å². The van der Waals surface area contributed by atoms with Crippen LogP contribution in [0.2, 0.25) is 0 Å². The lowest BCUT2D eigenvalue weighted by Gasteiger charge is -2.45. The third-order valence-corrected chi connectivity index (χ3v) is 5.31. The zero-order chi connectivity index (χ0) is 13.8. The molecule has 1 unspecified atom stereocenters. The number of fused-ring (bicyclic) bond motifs is 3. The number of hydrogen-bond acceptors (Lipinski definition) is 4. The maximum Gasteiger partial charge on any atom is 0.0351 e. The monoisotopic (exact) mass is 291 g/mol. The molecule has 4 heteroatoms. The molecule has 0 aromatic heterocycles. The molecule has 0 aliphatic carbocycles. The molecule has 3 nitrogen and oxygen atoms in total. The van der Waals surface area contributed by atoms with Gasteiger partial charge in [-0.15, -0.1) is 11.8 Å². The molecule has 1 aromatic carbocycles. The van der Waals surface area contributed by atoms with Gasteiger partial charge in [0, 0.05) is 36.3 Å². The van der Waals surface area contributed by atoms with E-state index in [1.165, 1.54) is 43.1 Å². The highest BCUT2D eigenvalue weighted by molar-refractivity contribution is 7.98. The lowest BCUT2D eigenvalue weighted by atomic mass is 9.84. The van der Waals surface area contributed by atoms with Crippen LogP contribution in [-0.2, 0) is 0 Å². The molecular weight excluding hydrogens is 266 g/mol. The average Bonchev–Trinajstić information content (AvgIpc) is 2.53. The van der Waals surface area contributed by atoms with Gasteiger partial charge in [-0.2, -0.15) is 0 Å². The average molecular weight is 291 g/mol. The fourth-order valence-electron chi connectivity index (χ4n) is 3.39. The van der Waals surface area contributed by atoms with Gasteiger partial charge in [-0.1, -0.05) is 6.07 Å². The van der Waals surface area contributed by atoms with Crippen molar-refractivity contribution in [2.24, 2.45) is 5.92 Å². The first kappa shape index (κ1) is 14.2. The van der Waals surface area contributed by atoms with E-state index in [0.717, 1.165) is 25.0 Å². The zero-order valence-corrected chi connectivity index (χ0v) is 13.1. The lowest BCUT2D eigenvalue weighted by Crippen LogP contribution is -2.56. The van der Waals surface area contributed by atoms with E-state index >= 15 is 0 Å². The van der Waals surface area contributed by atoms with Crippen molar-refractivity contribution in [1.29, 1.82) is 0 Å². The van der Waals surface area contributed by atoms with Gasteiger partial charge in [0.2, 0.25) is 0 Å². The third-order valence-electron chi connectivity index (χ3n) is 4.59. The number of rotatable bonds is 6. The second kappa shape index (κ2) is 6.83. The second-order valence-electron chi connectivity index (χ2n) is 5.86. The Labute approximate surface area is 126 Å². The molecule has 0 amide bonds. The molecule has 3 aliphatic rings. The van der Waals surface area contributed by atoms with Crippen LogP contribution < -0.4 is 10.6 Å². The highest BCUT2D eigenvalue weighted by Crippen LogP contribution is 2.27. The first-order valence-electron chi connectivity index (χ1n) is 7.69. The largest absolute Gasteiger partial charge is 0.384 e. The summed E-state index contributed by atoms with van der Waals surface area (Å²) in [7, 11) is 0. The van der Waals surface area contributed by atoms with Gasteiger partial charge >= 0.3 is 0 Å². The van der Waals surface area contributed by atoms with E-state index in [1.54, 1.807) is 11.8 Å². The van der Waals surface area contributed by atoms with Crippen LogP contribution in [0.25, 0.3) is 0 Å². The number of piperidine rings is 3. The van der Waals surface area contributed by atoms with Gasteiger partial charge in [-0.05, 0) is 56.3 Å².